The number of methoxy groups -OCH3 is 1. The molecular weight excluding hydrogens is 785 g/mol. The monoisotopic (exact) mass is 822 g/mol. The van der Waals surface area contributed by atoms with Crippen LogP contribution in [0.4, 0.5) is 5.69 Å². The summed E-state index contributed by atoms with van der Waals surface area (Å²) in [5.74, 6) is 0.606. The van der Waals surface area contributed by atoms with Crippen molar-refractivity contribution in [2.75, 3.05) is 11.8 Å². The zero-order valence-corrected chi connectivity index (χ0v) is 34.4. The number of aromatic nitrogens is 4. The first-order valence-electron chi connectivity index (χ1n) is 18.7. The maximum absolute atomic E-state index is 13.4. The summed E-state index contributed by atoms with van der Waals surface area (Å²) in [4.78, 5) is 35.1. The molecule has 0 bridgehead atoms. The Balaban J connectivity index is 0.969. The number of aryl methyl sites for hydroxylation is 3. The third-order valence-electron chi connectivity index (χ3n) is 10.5. The van der Waals surface area contributed by atoms with E-state index in [-0.39, 0.29) is 29.7 Å². The fourth-order valence-electron chi connectivity index (χ4n) is 7.30. The predicted octanol–water partition coefficient (Wildman–Crippen LogP) is 7.77. The highest BCUT2D eigenvalue weighted by Crippen LogP contribution is 2.40. The minimum absolute atomic E-state index is 0.0212. The Morgan fingerprint density at radius 3 is 2.37 bits per heavy atom. The number of hydrogen-bond donors (Lipinski definition) is 3. The van der Waals surface area contributed by atoms with Crippen LogP contribution in [-0.2, 0) is 26.1 Å². The van der Waals surface area contributed by atoms with E-state index in [1.807, 2.05) is 54.8 Å². The number of nitriles is 1. The molecule has 8 rings (SSSR count). The quantitative estimate of drug-likeness (QED) is 0.117. The van der Waals surface area contributed by atoms with Gasteiger partial charge in [-0.2, -0.15) is 5.26 Å². The van der Waals surface area contributed by atoms with E-state index >= 15 is 0 Å². The van der Waals surface area contributed by atoms with E-state index in [1.165, 1.54) is 19.2 Å². The smallest absolute Gasteiger partial charge is 0.308 e. The molecule has 4 aromatic carbocycles. The van der Waals surface area contributed by atoms with Crippen LogP contribution in [-0.4, -0.2) is 52.9 Å². The first kappa shape index (κ1) is 39.0. The van der Waals surface area contributed by atoms with E-state index in [2.05, 4.69) is 45.1 Å². The highest BCUT2D eigenvalue weighted by Gasteiger charge is 2.32. The number of nitrogens with zero attached hydrogens (tertiary/aromatic N) is 5. The third-order valence-corrected chi connectivity index (χ3v) is 13.1. The molecule has 7 aromatic rings. The largest absolute Gasteiger partial charge is 0.469 e. The molecule has 0 saturated carbocycles. The summed E-state index contributed by atoms with van der Waals surface area (Å²) in [7, 11) is -2.64. The number of nitrogens with one attached hydrogen (secondary N) is 3. The summed E-state index contributed by atoms with van der Waals surface area (Å²) in [5, 5.41) is 22.8. The molecule has 13 nitrogen and oxygen atoms in total. The molecule has 0 saturated heterocycles. The number of thiophene rings is 1. The van der Waals surface area contributed by atoms with E-state index in [4.69, 9.17) is 9.73 Å². The molecule has 1 aliphatic heterocycles. The molecule has 0 radical (unpaired) electrons. The Morgan fingerprint density at radius 2 is 1.66 bits per heavy atom. The summed E-state index contributed by atoms with van der Waals surface area (Å²) in [6.45, 7) is 8.01. The lowest BCUT2D eigenvalue weighted by Gasteiger charge is -2.12. The number of ether oxygens (including phenoxy) is 1. The van der Waals surface area contributed by atoms with Gasteiger partial charge in [0.25, 0.3) is 15.9 Å². The zero-order chi connectivity index (χ0) is 41.6. The van der Waals surface area contributed by atoms with E-state index in [0.29, 0.717) is 44.9 Å². The second-order valence-electron chi connectivity index (χ2n) is 14.3. The maximum atomic E-state index is 13.4. The number of hydrogen-bond acceptors (Lipinski definition) is 10. The fourth-order valence-corrected chi connectivity index (χ4v) is 9.66. The number of anilines is 1. The van der Waals surface area contributed by atoms with Crippen LogP contribution in [0.3, 0.4) is 0 Å². The normalized spacial score (nSPS) is 13.5. The molecule has 296 valence electrons. The number of benzene rings is 4. The van der Waals surface area contributed by atoms with Gasteiger partial charge in [0, 0.05) is 39.7 Å². The van der Waals surface area contributed by atoms with Crippen LogP contribution in [0.2, 0.25) is 0 Å². The second kappa shape index (κ2) is 15.5. The molecule has 0 unspecified atom stereocenters. The van der Waals surface area contributed by atoms with Crippen LogP contribution in [0.5, 0.6) is 0 Å². The van der Waals surface area contributed by atoms with E-state index in [0.717, 1.165) is 49.0 Å². The van der Waals surface area contributed by atoms with Gasteiger partial charge in [0.15, 0.2) is 5.82 Å². The number of carbonyl (C=O) groups is 2. The Bertz CT molecular complexity index is 2990. The molecule has 4 heterocycles. The first-order chi connectivity index (χ1) is 28.4. The molecular formula is C44H38N8O5S2. The number of H-pyrrole nitrogens is 1. The van der Waals surface area contributed by atoms with Crippen LogP contribution in [0.15, 0.2) is 101 Å². The van der Waals surface area contributed by atoms with Crippen molar-refractivity contribution in [3.05, 3.63) is 147 Å². The Morgan fingerprint density at radius 1 is 0.949 bits per heavy atom. The highest BCUT2D eigenvalue weighted by molar-refractivity contribution is 7.92. The number of rotatable bonds is 10. The summed E-state index contributed by atoms with van der Waals surface area (Å²) in [5.41, 5.74) is 8.75. The van der Waals surface area contributed by atoms with Crippen molar-refractivity contribution < 1.29 is 22.7 Å². The lowest BCUT2D eigenvalue weighted by atomic mass is 9.96. The van der Waals surface area contributed by atoms with Gasteiger partial charge in [-0.3, -0.25) is 23.9 Å². The summed E-state index contributed by atoms with van der Waals surface area (Å²) < 4.78 is 36.5. The predicted molar refractivity (Wildman–Crippen MR) is 227 cm³/mol. The Hall–Kier alpha value is -6.89. The number of esters is 1. The van der Waals surface area contributed by atoms with Gasteiger partial charge in [-0.25, -0.2) is 8.42 Å². The number of sulfonamides is 1. The van der Waals surface area contributed by atoms with Crippen LogP contribution >= 0.6 is 11.3 Å². The first-order valence-corrected chi connectivity index (χ1v) is 21.0. The van der Waals surface area contributed by atoms with Gasteiger partial charge >= 0.3 is 5.97 Å². The molecule has 1 amide bonds. The van der Waals surface area contributed by atoms with Crippen molar-refractivity contribution in [1.29, 1.82) is 5.26 Å². The topological polar surface area (TPSA) is 184 Å². The van der Waals surface area contributed by atoms with Crippen LogP contribution in [0.1, 0.15) is 72.7 Å². The Kier molecular flexibility index (Phi) is 10.2. The summed E-state index contributed by atoms with van der Waals surface area (Å²) in [6.07, 6.45) is 1.58. The molecule has 0 spiro atoms. The highest BCUT2D eigenvalue weighted by atomic mass is 32.2. The Labute approximate surface area is 344 Å². The average molecular weight is 823 g/mol. The van der Waals surface area contributed by atoms with Crippen molar-refractivity contribution in [2.45, 2.75) is 51.6 Å². The minimum Gasteiger partial charge on any atom is -0.469 e. The average Bonchev–Trinajstić information content (AvgIpc) is 3.92. The minimum atomic E-state index is -4.00. The molecule has 1 atom stereocenters. The fraction of sp³-hybridized carbons (Fsp3) is 0.182. The van der Waals surface area contributed by atoms with Crippen LogP contribution < -0.4 is 10.0 Å². The molecule has 3 aromatic heterocycles. The molecule has 0 aliphatic carbocycles. The van der Waals surface area contributed by atoms with Crippen molar-refractivity contribution >= 4 is 55.5 Å². The molecule has 59 heavy (non-hydrogen) atoms. The molecule has 1 aliphatic rings. The SMILES string of the molecule is COC(=O)C[C@@H]1N=C(c2ccc(-c3ccc(C(=O)NCc4cccc(S(=O)(=O)Nc5ccc(C)c6c(C#N)c[nH]c56)c4)cc3)cc2)c2c(sc(C)c2C)-n2c(C)nnc21. The van der Waals surface area contributed by atoms with Gasteiger partial charge < -0.3 is 15.0 Å². The summed E-state index contributed by atoms with van der Waals surface area (Å²) >= 11 is 1.64. The lowest BCUT2D eigenvalue weighted by molar-refractivity contribution is -0.141. The van der Waals surface area contributed by atoms with E-state index in [1.54, 1.807) is 53.9 Å². The van der Waals surface area contributed by atoms with Crippen LogP contribution in [0.25, 0.3) is 27.0 Å². The molecule has 3 N–H and O–H groups in total. The van der Waals surface area contributed by atoms with Gasteiger partial charge in [0.05, 0.1) is 40.9 Å². The van der Waals surface area contributed by atoms with Gasteiger partial charge in [-0.1, -0.05) is 54.6 Å². The van der Waals surface area contributed by atoms with Gasteiger partial charge in [-0.05, 0) is 85.8 Å². The van der Waals surface area contributed by atoms with Gasteiger partial charge in [-0.15, -0.1) is 21.5 Å². The van der Waals surface area contributed by atoms with E-state index < -0.39 is 16.1 Å². The van der Waals surface area contributed by atoms with Crippen molar-refractivity contribution in [3.63, 3.8) is 0 Å². The van der Waals surface area contributed by atoms with Gasteiger partial charge in [0.1, 0.15) is 22.9 Å². The van der Waals surface area contributed by atoms with Gasteiger partial charge in [0.2, 0.25) is 0 Å². The zero-order valence-electron chi connectivity index (χ0n) is 32.7. The van der Waals surface area contributed by atoms with Crippen molar-refractivity contribution in [3.8, 4) is 22.2 Å². The number of aliphatic imine (C=N–C) groups is 1. The summed E-state index contributed by atoms with van der Waals surface area (Å²) in [6, 6.07) is 26.6. The number of carbonyl (C=O) groups excluding carboxylic acids is 2. The number of aromatic amines is 1. The second-order valence-corrected chi connectivity index (χ2v) is 17.1. The maximum Gasteiger partial charge on any atom is 0.308 e. The number of fused-ring (bicyclic) bond motifs is 4. The lowest BCUT2D eigenvalue weighted by Crippen LogP contribution is -2.23. The molecule has 0 fully saturated rings. The van der Waals surface area contributed by atoms with Crippen molar-refractivity contribution in [1.82, 2.24) is 25.1 Å². The standard InChI is InChI=1S/C44H38N8O5S2/c1-24-9-18-35(41-38(24)33(21-45)23-46-41)51-59(55,56)34-8-6-7-28(19-34)22-47-43(54)32-16-12-30(13-17-32)29-10-14-31(15-11-29)40-39-25(2)26(3)58-44(39)52-27(4)49-50-42(52)36(48-40)20-37(53)57-5/h6-19,23,36,46,51H,20,22H2,1-5H3,(H,47,54)/t36-/m0/s1. The van der Waals surface area contributed by atoms with Crippen molar-refractivity contribution in [2.24, 2.45) is 4.99 Å². The van der Waals surface area contributed by atoms with E-state index in [9.17, 15) is 23.3 Å². The molecule has 15 heteroatoms. The van der Waals surface area contributed by atoms with Crippen LogP contribution in [0, 0.1) is 39.0 Å². The third kappa shape index (κ3) is 7.28. The number of amides is 1.